The number of fused-ring (bicyclic) bond motifs is 2. The Hall–Kier alpha value is -4.46. The Morgan fingerprint density at radius 2 is 2.00 bits per heavy atom. The monoisotopic (exact) mass is 506 g/mol. The van der Waals surface area contributed by atoms with Gasteiger partial charge < -0.3 is 18.8 Å². The van der Waals surface area contributed by atoms with E-state index in [0.29, 0.717) is 6.54 Å². The third-order valence-corrected chi connectivity index (χ3v) is 7.51. The summed E-state index contributed by atoms with van der Waals surface area (Å²) < 4.78 is 10.4. The highest BCUT2D eigenvalue weighted by Crippen LogP contribution is 2.36. The van der Waals surface area contributed by atoms with Crippen LogP contribution in [0.25, 0.3) is 27.8 Å². The first-order valence-electron chi connectivity index (χ1n) is 12.9. The molecule has 1 unspecified atom stereocenters. The summed E-state index contributed by atoms with van der Waals surface area (Å²) in [5, 5.41) is 1.06. The number of carbonyl (C=O) groups is 1. The number of amides is 1. The van der Waals surface area contributed by atoms with E-state index in [1.54, 1.807) is 12.7 Å². The summed E-state index contributed by atoms with van der Waals surface area (Å²) in [7, 11) is 1.98. The molecule has 0 bridgehead atoms. The zero-order chi connectivity index (χ0) is 26.4. The van der Waals surface area contributed by atoms with Crippen molar-refractivity contribution in [3.05, 3.63) is 84.7 Å². The summed E-state index contributed by atoms with van der Waals surface area (Å²) in [5.74, 6) is 1.74. The van der Waals surface area contributed by atoms with Crippen LogP contribution in [0.3, 0.4) is 0 Å². The van der Waals surface area contributed by atoms with E-state index < -0.39 is 0 Å². The van der Waals surface area contributed by atoms with Crippen LogP contribution >= 0.6 is 0 Å². The van der Waals surface area contributed by atoms with Gasteiger partial charge in [-0.1, -0.05) is 6.58 Å². The van der Waals surface area contributed by atoms with Gasteiger partial charge in [0.25, 0.3) is 0 Å². The molecule has 1 saturated heterocycles. The summed E-state index contributed by atoms with van der Waals surface area (Å²) in [4.78, 5) is 27.8. The van der Waals surface area contributed by atoms with Gasteiger partial charge in [-0.15, -0.1) is 0 Å². The molecule has 1 atom stereocenters. The number of benzene rings is 2. The van der Waals surface area contributed by atoms with Crippen molar-refractivity contribution < 1.29 is 9.53 Å². The Balaban J connectivity index is 1.35. The van der Waals surface area contributed by atoms with Crippen LogP contribution in [-0.2, 0) is 11.8 Å². The normalized spacial score (nSPS) is 15.8. The Labute approximate surface area is 221 Å². The fourth-order valence-corrected chi connectivity index (χ4v) is 5.52. The predicted octanol–water partition coefficient (Wildman–Crippen LogP) is 5.61. The van der Waals surface area contributed by atoms with E-state index in [2.05, 4.69) is 44.4 Å². The molecule has 8 nitrogen and oxygen atoms in total. The second kappa shape index (κ2) is 9.45. The first-order valence-corrected chi connectivity index (χ1v) is 12.9. The van der Waals surface area contributed by atoms with Gasteiger partial charge in [0.15, 0.2) is 0 Å². The van der Waals surface area contributed by atoms with Gasteiger partial charge in [0, 0.05) is 49.4 Å². The van der Waals surface area contributed by atoms with Crippen LogP contribution in [0.1, 0.15) is 35.6 Å². The van der Waals surface area contributed by atoms with Crippen LogP contribution in [0.15, 0.2) is 67.9 Å². The fourth-order valence-electron chi connectivity index (χ4n) is 5.52. The Morgan fingerprint density at radius 3 is 2.82 bits per heavy atom. The van der Waals surface area contributed by atoms with Gasteiger partial charge in [-0.05, 0) is 74.2 Å². The van der Waals surface area contributed by atoms with Gasteiger partial charge in [-0.3, -0.25) is 4.79 Å². The Kier molecular flexibility index (Phi) is 5.94. The number of piperidine rings is 1. The van der Waals surface area contributed by atoms with E-state index in [1.165, 1.54) is 11.6 Å². The molecule has 0 N–H and O–H groups in total. The number of ether oxygens (including phenoxy) is 1. The van der Waals surface area contributed by atoms with Crippen LogP contribution in [0.4, 0.5) is 0 Å². The highest BCUT2D eigenvalue weighted by molar-refractivity contribution is 5.88. The first-order chi connectivity index (χ1) is 18.4. The number of imidazole rings is 1. The molecule has 0 saturated carbocycles. The molecule has 6 rings (SSSR count). The second-order valence-corrected chi connectivity index (χ2v) is 10.00. The molecule has 1 amide bonds. The van der Waals surface area contributed by atoms with Gasteiger partial charge in [0.1, 0.15) is 23.5 Å². The standard InChI is InChI=1S/C30H30N6O2/c1-5-28(37)35-12-6-7-21(15-35)24-16-36(30-29(24)20(3)31-17-32-30)22-8-11-27(19(2)13-22)38-23-9-10-26-25(14-23)33-18-34(26)4/h5,8-11,13-14,16-18,21H,1,6-7,12,15H2,2-4H3. The summed E-state index contributed by atoms with van der Waals surface area (Å²) >= 11 is 0. The molecule has 1 aliphatic rings. The van der Waals surface area contributed by atoms with E-state index in [0.717, 1.165) is 69.9 Å². The minimum atomic E-state index is -0.0141. The number of rotatable bonds is 5. The fraction of sp³-hybridized carbons (Fsp3) is 0.267. The third kappa shape index (κ3) is 4.12. The molecule has 0 aliphatic carbocycles. The highest BCUT2D eigenvalue weighted by Gasteiger charge is 2.27. The summed E-state index contributed by atoms with van der Waals surface area (Å²) in [6.45, 7) is 9.17. The molecular formula is C30H30N6O2. The quantitative estimate of drug-likeness (QED) is 0.290. The number of aromatic nitrogens is 5. The van der Waals surface area contributed by atoms with E-state index in [1.807, 2.05) is 54.6 Å². The average molecular weight is 507 g/mol. The lowest BCUT2D eigenvalue weighted by atomic mass is 9.90. The molecule has 4 heterocycles. The zero-order valence-corrected chi connectivity index (χ0v) is 21.9. The molecule has 1 aliphatic heterocycles. The largest absolute Gasteiger partial charge is 0.457 e. The summed E-state index contributed by atoms with van der Waals surface area (Å²) in [6, 6.07) is 12.1. The first kappa shape index (κ1) is 23.9. The third-order valence-electron chi connectivity index (χ3n) is 7.51. The molecule has 0 spiro atoms. The van der Waals surface area contributed by atoms with E-state index in [-0.39, 0.29) is 11.8 Å². The van der Waals surface area contributed by atoms with Crippen molar-refractivity contribution >= 4 is 28.0 Å². The molecule has 192 valence electrons. The number of hydrogen-bond acceptors (Lipinski definition) is 5. The lowest BCUT2D eigenvalue weighted by Crippen LogP contribution is -2.38. The second-order valence-electron chi connectivity index (χ2n) is 10.00. The van der Waals surface area contributed by atoms with Crippen molar-refractivity contribution in [2.24, 2.45) is 7.05 Å². The minimum Gasteiger partial charge on any atom is -0.457 e. The van der Waals surface area contributed by atoms with Crippen LogP contribution < -0.4 is 4.74 Å². The van der Waals surface area contributed by atoms with E-state index in [9.17, 15) is 4.79 Å². The van der Waals surface area contributed by atoms with Crippen LogP contribution in [-0.4, -0.2) is 48.0 Å². The van der Waals surface area contributed by atoms with Crippen molar-refractivity contribution in [3.8, 4) is 17.2 Å². The van der Waals surface area contributed by atoms with E-state index in [4.69, 9.17) is 4.74 Å². The van der Waals surface area contributed by atoms with Crippen LogP contribution in [0.2, 0.25) is 0 Å². The minimum absolute atomic E-state index is 0.0141. The van der Waals surface area contributed by atoms with Crippen LogP contribution in [0, 0.1) is 13.8 Å². The maximum Gasteiger partial charge on any atom is 0.245 e. The van der Waals surface area contributed by atoms with Crippen molar-refractivity contribution in [3.63, 3.8) is 0 Å². The molecule has 0 radical (unpaired) electrons. The average Bonchev–Trinajstić information content (AvgIpc) is 3.51. The number of nitrogens with zero attached hydrogens (tertiary/aromatic N) is 6. The summed E-state index contributed by atoms with van der Waals surface area (Å²) in [5.41, 5.74) is 6.97. The van der Waals surface area contributed by atoms with Crippen molar-refractivity contribution in [2.45, 2.75) is 32.6 Å². The lowest BCUT2D eigenvalue weighted by molar-refractivity contribution is -0.127. The van der Waals surface area contributed by atoms with Crippen LogP contribution in [0.5, 0.6) is 11.5 Å². The molecule has 8 heteroatoms. The maximum absolute atomic E-state index is 12.3. The van der Waals surface area contributed by atoms with Gasteiger partial charge >= 0.3 is 0 Å². The summed E-state index contributed by atoms with van der Waals surface area (Å²) in [6.07, 6.45) is 8.96. The highest BCUT2D eigenvalue weighted by atomic mass is 16.5. The van der Waals surface area contributed by atoms with Gasteiger partial charge in [-0.25, -0.2) is 15.0 Å². The number of likely N-dealkylation sites (tertiary alicyclic amines) is 1. The number of hydrogen-bond donors (Lipinski definition) is 0. The smallest absolute Gasteiger partial charge is 0.245 e. The van der Waals surface area contributed by atoms with Gasteiger partial charge in [-0.2, -0.15) is 0 Å². The Bertz CT molecular complexity index is 1700. The molecule has 2 aromatic carbocycles. The van der Waals surface area contributed by atoms with Gasteiger partial charge in [0.05, 0.1) is 23.1 Å². The lowest BCUT2D eigenvalue weighted by Gasteiger charge is -2.32. The predicted molar refractivity (Wildman–Crippen MR) is 148 cm³/mol. The Morgan fingerprint density at radius 1 is 1.13 bits per heavy atom. The zero-order valence-electron chi connectivity index (χ0n) is 21.9. The molecule has 38 heavy (non-hydrogen) atoms. The van der Waals surface area contributed by atoms with Crippen molar-refractivity contribution in [2.75, 3.05) is 13.1 Å². The van der Waals surface area contributed by atoms with Gasteiger partial charge in [0.2, 0.25) is 5.91 Å². The SMILES string of the molecule is C=CC(=O)N1CCCC(c2cn(-c3ccc(Oc4ccc5c(c4)ncn5C)c(C)c3)c3ncnc(C)c23)C1. The number of carbonyl (C=O) groups excluding carboxylic acids is 1. The number of aryl methyl sites for hydroxylation is 3. The molecule has 5 aromatic rings. The van der Waals surface area contributed by atoms with Crippen molar-refractivity contribution in [1.82, 2.24) is 29.0 Å². The molecule has 1 fully saturated rings. The maximum atomic E-state index is 12.3. The van der Waals surface area contributed by atoms with Crippen molar-refractivity contribution in [1.29, 1.82) is 0 Å². The van der Waals surface area contributed by atoms with E-state index >= 15 is 0 Å². The molecular weight excluding hydrogens is 476 g/mol. The topological polar surface area (TPSA) is 78.1 Å². The molecule has 3 aromatic heterocycles.